The lowest BCUT2D eigenvalue weighted by atomic mass is 10.4. The molecule has 0 amide bonds. The van der Waals surface area contributed by atoms with Gasteiger partial charge in [-0.3, -0.25) is 9.79 Å². The molecule has 0 atom stereocenters. The van der Waals surface area contributed by atoms with Crippen LogP contribution in [0.4, 0.5) is 0 Å². The lowest BCUT2D eigenvalue weighted by molar-refractivity contribution is -0.142. The molecule has 0 radical (unpaired) electrons. The largest absolute Gasteiger partial charge is 0.465 e. The maximum absolute atomic E-state index is 11.0. The molecule has 0 heterocycles. The third-order valence-electron chi connectivity index (χ3n) is 1.33. The molecule has 0 saturated carbocycles. The van der Waals surface area contributed by atoms with Crippen LogP contribution >= 0.6 is 0 Å². The topological polar surface area (TPSA) is 64.7 Å². The van der Waals surface area contributed by atoms with Gasteiger partial charge < -0.3 is 10.5 Å². The van der Waals surface area contributed by atoms with Crippen molar-refractivity contribution in [3.05, 3.63) is 0 Å². The average Bonchev–Trinajstić information content (AvgIpc) is 2.11. The van der Waals surface area contributed by atoms with E-state index in [0.29, 0.717) is 19.0 Å². The third kappa shape index (κ3) is 7.31. The second-order valence-corrected chi connectivity index (χ2v) is 2.77. The number of esters is 1. The molecule has 0 aliphatic carbocycles. The zero-order chi connectivity index (χ0) is 10.1. The Morgan fingerprint density at radius 3 is 2.62 bits per heavy atom. The number of nitrogens with zero attached hydrogens (tertiary/aromatic N) is 1. The molecule has 4 heteroatoms. The monoisotopic (exact) mass is 186 g/mol. The number of aliphatic imine (C=N–C) groups is 1. The van der Waals surface area contributed by atoms with E-state index in [1.54, 1.807) is 0 Å². The van der Waals surface area contributed by atoms with Gasteiger partial charge in [0.2, 0.25) is 0 Å². The number of carbonyl (C=O) groups excluding carboxylic acids is 1. The lowest BCUT2D eigenvalue weighted by Gasteiger charge is -2.02. The van der Waals surface area contributed by atoms with Crippen LogP contribution in [0.25, 0.3) is 0 Å². The molecule has 0 aromatic carbocycles. The fourth-order valence-electron chi connectivity index (χ4n) is 0.726. The molecule has 0 bridgehead atoms. The normalized spacial score (nSPS) is 11.4. The molecule has 4 nitrogen and oxygen atoms in total. The molecule has 0 rings (SSSR count). The van der Waals surface area contributed by atoms with E-state index in [1.165, 1.54) is 0 Å². The van der Waals surface area contributed by atoms with Gasteiger partial charge in [0.25, 0.3) is 0 Å². The number of hydrogen-bond acceptors (Lipinski definition) is 3. The summed E-state index contributed by atoms with van der Waals surface area (Å²) in [5.41, 5.74) is 5.48. The summed E-state index contributed by atoms with van der Waals surface area (Å²) in [6.45, 7) is 5.08. The number of carbonyl (C=O) groups is 1. The van der Waals surface area contributed by atoms with Crippen LogP contribution in [0.2, 0.25) is 0 Å². The van der Waals surface area contributed by atoms with Gasteiger partial charge in [0.05, 0.1) is 6.61 Å². The van der Waals surface area contributed by atoms with E-state index in [2.05, 4.69) is 4.99 Å². The first-order valence-electron chi connectivity index (χ1n) is 4.65. The Hall–Kier alpha value is -1.06. The quantitative estimate of drug-likeness (QED) is 0.384. The Morgan fingerprint density at radius 1 is 1.38 bits per heavy atom. The minimum Gasteiger partial charge on any atom is -0.465 e. The molecule has 0 aliphatic rings. The predicted octanol–water partition coefficient (Wildman–Crippen LogP) is 1.10. The summed E-state index contributed by atoms with van der Waals surface area (Å²) in [4.78, 5) is 15.0. The first-order valence-corrected chi connectivity index (χ1v) is 4.65. The van der Waals surface area contributed by atoms with Crippen LogP contribution in [-0.2, 0) is 9.53 Å². The molecule has 2 N–H and O–H groups in total. The highest BCUT2D eigenvalue weighted by Crippen LogP contribution is 1.90. The predicted molar refractivity (Wildman–Crippen MR) is 52.6 cm³/mol. The van der Waals surface area contributed by atoms with Crippen LogP contribution in [0.1, 0.15) is 33.1 Å². The summed E-state index contributed by atoms with van der Waals surface area (Å²) in [6.07, 6.45) is 1.88. The zero-order valence-corrected chi connectivity index (χ0v) is 8.38. The van der Waals surface area contributed by atoms with Crippen LogP contribution in [0.3, 0.4) is 0 Å². The number of ether oxygens (including phenoxy) is 1. The summed E-state index contributed by atoms with van der Waals surface area (Å²) < 4.78 is 4.84. The molecule has 76 valence electrons. The summed E-state index contributed by atoms with van der Waals surface area (Å²) in [7, 11) is 0. The van der Waals surface area contributed by atoms with Crippen molar-refractivity contribution in [1.82, 2.24) is 0 Å². The van der Waals surface area contributed by atoms with Gasteiger partial charge in [-0.1, -0.05) is 13.8 Å². The van der Waals surface area contributed by atoms with Crippen molar-refractivity contribution >= 4 is 11.8 Å². The van der Waals surface area contributed by atoms with E-state index >= 15 is 0 Å². The molecule has 0 aromatic rings. The molecular weight excluding hydrogens is 168 g/mol. The van der Waals surface area contributed by atoms with Crippen molar-refractivity contribution in [1.29, 1.82) is 0 Å². The molecule has 0 unspecified atom stereocenters. The van der Waals surface area contributed by atoms with Crippen LogP contribution in [0.15, 0.2) is 4.99 Å². The van der Waals surface area contributed by atoms with Gasteiger partial charge in [-0.2, -0.15) is 0 Å². The first kappa shape index (κ1) is 11.9. The second kappa shape index (κ2) is 7.58. The smallest absolute Gasteiger partial charge is 0.313 e. The number of rotatable bonds is 6. The van der Waals surface area contributed by atoms with Crippen molar-refractivity contribution < 1.29 is 9.53 Å². The van der Waals surface area contributed by atoms with E-state index in [-0.39, 0.29) is 12.4 Å². The van der Waals surface area contributed by atoms with Gasteiger partial charge in [-0.25, -0.2) is 0 Å². The minimum absolute atomic E-state index is 0.111. The van der Waals surface area contributed by atoms with Crippen LogP contribution in [0.5, 0.6) is 0 Å². The Kier molecular flexibility index (Phi) is 6.96. The molecule has 13 heavy (non-hydrogen) atoms. The van der Waals surface area contributed by atoms with Crippen molar-refractivity contribution in [3.63, 3.8) is 0 Å². The molecular formula is C9H18N2O2. The highest BCUT2D eigenvalue weighted by molar-refractivity contribution is 5.96. The van der Waals surface area contributed by atoms with Crippen LogP contribution < -0.4 is 5.73 Å². The van der Waals surface area contributed by atoms with E-state index in [0.717, 1.165) is 12.8 Å². The second-order valence-electron chi connectivity index (χ2n) is 2.77. The van der Waals surface area contributed by atoms with E-state index < -0.39 is 0 Å². The lowest BCUT2D eigenvalue weighted by Crippen LogP contribution is -2.19. The summed E-state index contributed by atoms with van der Waals surface area (Å²) in [6, 6.07) is 0. The van der Waals surface area contributed by atoms with Gasteiger partial charge in [0, 0.05) is 6.54 Å². The molecule has 0 aliphatic heterocycles. The SMILES string of the molecule is CCCN=C(N)CC(=O)OCCC. The van der Waals surface area contributed by atoms with Crippen LogP contribution in [-0.4, -0.2) is 25.0 Å². The molecule has 0 fully saturated rings. The molecule has 0 aromatic heterocycles. The van der Waals surface area contributed by atoms with Gasteiger partial charge >= 0.3 is 5.97 Å². The van der Waals surface area contributed by atoms with Crippen molar-refractivity contribution in [2.45, 2.75) is 33.1 Å². The highest BCUT2D eigenvalue weighted by Gasteiger charge is 2.04. The third-order valence-corrected chi connectivity index (χ3v) is 1.33. The standard InChI is InChI=1S/C9H18N2O2/c1-3-5-11-8(10)7-9(12)13-6-4-2/h3-7H2,1-2H3,(H2,10,11). The Labute approximate surface area is 79.2 Å². The number of nitrogens with two attached hydrogens (primary N) is 1. The Balaban J connectivity index is 3.64. The number of amidine groups is 1. The fraction of sp³-hybridized carbons (Fsp3) is 0.778. The first-order chi connectivity index (χ1) is 6.20. The van der Waals surface area contributed by atoms with E-state index in [9.17, 15) is 4.79 Å². The van der Waals surface area contributed by atoms with Gasteiger partial charge in [0.15, 0.2) is 0 Å². The van der Waals surface area contributed by atoms with Crippen LogP contribution in [0, 0.1) is 0 Å². The Morgan fingerprint density at radius 2 is 2.08 bits per heavy atom. The summed E-state index contributed by atoms with van der Waals surface area (Å²) in [5.74, 6) is 0.0714. The zero-order valence-electron chi connectivity index (χ0n) is 8.38. The average molecular weight is 186 g/mol. The minimum atomic E-state index is -0.292. The summed E-state index contributed by atoms with van der Waals surface area (Å²) in [5, 5.41) is 0. The van der Waals surface area contributed by atoms with Crippen molar-refractivity contribution in [2.75, 3.05) is 13.2 Å². The van der Waals surface area contributed by atoms with Crippen molar-refractivity contribution in [3.8, 4) is 0 Å². The molecule has 0 saturated heterocycles. The Bertz CT molecular complexity index is 178. The van der Waals surface area contributed by atoms with Gasteiger partial charge in [0.1, 0.15) is 12.3 Å². The van der Waals surface area contributed by atoms with Crippen molar-refractivity contribution in [2.24, 2.45) is 10.7 Å². The number of hydrogen-bond donors (Lipinski definition) is 1. The maximum atomic E-state index is 11.0. The van der Waals surface area contributed by atoms with E-state index in [4.69, 9.17) is 10.5 Å². The van der Waals surface area contributed by atoms with Gasteiger partial charge in [-0.05, 0) is 12.8 Å². The van der Waals surface area contributed by atoms with E-state index in [1.807, 2.05) is 13.8 Å². The molecule has 0 spiro atoms. The maximum Gasteiger partial charge on any atom is 0.313 e. The fourth-order valence-corrected chi connectivity index (χ4v) is 0.726. The van der Waals surface area contributed by atoms with Gasteiger partial charge in [-0.15, -0.1) is 0 Å². The summed E-state index contributed by atoms with van der Waals surface area (Å²) >= 11 is 0. The highest BCUT2D eigenvalue weighted by atomic mass is 16.5.